The van der Waals surface area contributed by atoms with Gasteiger partial charge in [-0.2, -0.15) is 0 Å². The smallest absolute Gasteiger partial charge is 0.00211 e. The maximum atomic E-state index is 2.58. The summed E-state index contributed by atoms with van der Waals surface area (Å²) in [6.07, 6.45) is 4.27. The van der Waals surface area contributed by atoms with Crippen molar-refractivity contribution >= 4 is 8.73 Å². The highest BCUT2D eigenvalue weighted by Crippen LogP contribution is 2.25. The van der Waals surface area contributed by atoms with Crippen LogP contribution in [0, 0.1) is 5.92 Å². The van der Waals surface area contributed by atoms with Crippen molar-refractivity contribution in [2.45, 2.75) is 26.2 Å². The second kappa shape index (κ2) is 4.31. The van der Waals surface area contributed by atoms with Crippen molar-refractivity contribution in [2.24, 2.45) is 5.92 Å². The second-order valence-electron chi connectivity index (χ2n) is 3.06. The molecule has 1 fully saturated rings. The van der Waals surface area contributed by atoms with Crippen molar-refractivity contribution in [3.05, 3.63) is 0 Å². The van der Waals surface area contributed by atoms with E-state index in [1.54, 1.807) is 0 Å². The van der Waals surface area contributed by atoms with Gasteiger partial charge in [0.15, 0.2) is 0 Å². The minimum absolute atomic E-state index is 1.03. The van der Waals surface area contributed by atoms with Gasteiger partial charge in [-0.15, -0.1) is 0 Å². The van der Waals surface area contributed by atoms with Gasteiger partial charge in [0.05, 0.1) is 0 Å². The third-order valence-electron chi connectivity index (χ3n) is 2.51. The zero-order chi connectivity index (χ0) is 7.40. The first-order valence-electron chi connectivity index (χ1n) is 4.29. The van der Waals surface area contributed by atoms with E-state index < -0.39 is 0 Å². The fraction of sp³-hybridized carbons (Fsp3) is 1.00. The van der Waals surface area contributed by atoms with E-state index in [1.165, 1.54) is 32.4 Å². The molecule has 1 nitrogen and oxygen atoms in total. The molecule has 1 heterocycles. The van der Waals surface area contributed by atoms with Crippen LogP contribution in [0.1, 0.15) is 26.2 Å². The van der Waals surface area contributed by atoms with Crippen molar-refractivity contribution in [3.8, 4) is 0 Å². The monoisotopic (exact) mass is 159 g/mol. The Morgan fingerprint density at radius 3 is 2.40 bits per heavy atom. The van der Waals surface area contributed by atoms with Gasteiger partial charge in [0.1, 0.15) is 0 Å². The predicted molar refractivity (Wildman–Crippen MR) is 48.8 cm³/mol. The number of hydrogen-bond donors (Lipinski definition) is 0. The first kappa shape index (κ1) is 8.49. The molecular weight excluding hydrogens is 141 g/mol. The molecule has 0 radical (unpaired) electrons. The predicted octanol–water partition coefficient (Wildman–Crippen LogP) is 2.33. The Morgan fingerprint density at radius 1 is 1.40 bits per heavy atom. The van der Waals surface area contributed by atoms with E-state index in [1.807, 2.05) is 0 Å². The van der Waals surface area contributed by atoms with Crippen LogP contribution in [0.15, 0.2) is 0 Å². The molecule has 0 aromatic rings. The molecule has 1 saturated heterocycles. The van der Waals surface area contributed by atoms with Crippen LogP contribution >= 0.6 is 8.73 Å². The van der Waals surface area contributed by atoms with Gasteiger partial charge >= 0.3 is 0 Å². The molecule has 2 heteroatoms. The van der Waals surface area contributed by atoms with Crippen LogP contribution in [0.3, 0.4) is 0 Å². The third kappa shape index (κ3) is 2.21. The van der Waals surface area contributed by atoms with E-state index in [9.17, 15) is 0 Å². The summed E-state index contributed by atoms with van der Waals surface area (Å²) in [4.78, 5) is 0. The van der Waals surface area contributed by atoms with Crippen molar-refractivity contribution in [3.63, 3.8) is 0 Å². The van der Waals surface area contributed by atoms with Gasteiger partial charge in [0, 0.05) is 13.1 Å². The van der Waals surface area contributed by atoms with Crippen LogP contribution in [0.25, 0.3) is 0 Å². The van der Waals surface area contributed by atoms with Gasteiger partial charge in [-0.05, 0) is 25.4 Å². The van der Waals surface area contributed by atoms with Crippen molar-refractivity contribution in [2.75, 3.05) is 19.8 Å². The van der Waals surface area contributed by atoms with Gasteiger partial charge in [0.25, 0.3) is 0 Å². The molecule has 1 aliphatic heterocycles. The van der Waals surface area contributed by atoms with Crippen molar-refractivity contribution in [1.29, 1.82) is 0 Å². The highest BCUT2D eigenvalue weighted by molar-refractivity contribution is 7.34. The molecule has 10 heavy (non-hydrogen) atoms. The molecule has 1 unspecified atom stereocenters. The number of hydrogen-bond acceptors (Lipinski definition) is 1. The largest absolute Gasteiger partial charge is 0.285 e. The molecule has 0 bridgehead atoms. The zero-order valence-electron chi connectivity index (χ0n) is 7.06. The summed E-state index contributed by atoms with van der Waals surface area (Å²) >= 11 is 0. The lowest BCUT2D eigenvalue weighted by molar-refractivity contribution is 0.283. The minimum Gasteiger partial charge on any atom is -0.285 e. The first-order valence-corrected chi connectivity index (χ1v) is 5.74. The number of nitrogens with zero attached hydrogens (tertiary/aromatic N) is 1. The summed E-state index contributed by atoms with van der Waals surface area (Å²) < 4.78 is 2.58. The summed E-state index contributed by atoms with van der Waals surface area (Å²) in [5.74, 6) is 1.03. The number of rotatable bonds is 2. The summed E-state index contributed by atoms with van der Waals surface area (Å²) in [7, 11) is 1.03. The van der Waals surface area contributed by atoms with E-state index >= 15 is 0 Å². The maximum absolute atomic E-state index is 2.58. The summed E-state index contributed by atoms with van der Waals surface area (Å²) in [5, 5.41) is 0. The van der Waals surface area contributed by atoms with Crippen LogP contribution in [-0.4, -0.2) is 24.4 Å². The van der Waals surface area contributed by atoms with Gasteiger partial charge in [-0.1, -0.05) is 22.1 Å². The topological polar surface area (TPSA) is 3.24 Å². The van der Waals surface area contributed by atoms with Gasteiger partial charge in [0.2, 0.25) is 0 Å². The molecular formula is C8H18NP. The first-order chi connectivity index (χ1) is 4.86. The fourth-order valence-electron chi connectivity index (χ4n) is 1.56. The normalized spacial score (nSPS) is 24.6. The average Bonchev–Trinajstić information content (AvgIpc) is 2.05. The molecule has 60 valence electrons. The lowest BCUT2D eigenvalue weighted by atomic mass is 9.96. The molecule has 1 aliphatic rings. The second-order valence-corrected chi connectivity index (χ2v) is 4.14. The standard InChI is InChI=1S/C8H18NP/c1-3-8-4-6-9(10-2)7-5-8/h8,10H,3-7H2,1-2H3. The van der Waals surface area contributed by atoms with Crippen LogP contribution in [0.5, 0.6) is 0 Å². The van der Waals surface area contributed by atoms with Crippen LogP contribution in [0.4, 0.5) is 0 Å². The summed E-state index contributed by atoms with van der Waals surface area (Å²) in [6, 6.07) is 0. The van der Waals surface area contributed by atoms with Gasteiger partial charge in [-0.25, -0.2) is 0 Å². The van der Waals surface area contributed by atoms with Crippen LogP contribution in [-0.2, 0) is 0 Å². The Kier molecular flexibility index (Phi) is 3.65. The molecule has 0 saturated carbocycles. The molecule has 0 aromatic heterocycles. The molecule has 0 aliphatic carbocycles. The van der Waals surface area contributed by atoms with Crippen LogP contribution in [0.2, 0.25) is 0 Å². The zero-order valence-corrected chi connectivity index (χ0v) is 8.06. The van der Waals surface area contributed by atoms with E-state index in [0.29, 0.717) is 0 Å². The Morgan fingerprint density at radius 2 is 2.00 bits per heavy atom. The molecule has 0 N–H and O–H groups in total. The Labute approximate surface area is 66.0 Å². The summed E-state index contributed by atoms with van der Waals surface area (Å²) in [5.41, 5.74) is 0. The van der Waals surface area contributed by atoms with Crippen molar-refractivity contribution < 1.29 is 0 Å². The van der Waals surface area contributed by atoms with Gasteiger partial charge < -0.3 is 0 Å². The van der Waals surface area contributed by atoms with Crippen molar-refractivity contribution in [1.82, 2.24) is 4.67 Å². The average molecular weight is 159 g/mol. The van der Waals surface area contributed by atoms with E-state index in [4.69, 9.17) is 0 Å². The maximum Gasteiger partial charge on any atom is 0.00211 e. The Balaban J connectivity index is 2.17. The highest BCUT2D eigenvalue weighted by Gasteiger charge is 2.15. The SMILES string of the molecule is CCC1CCN(PC)CC1. The minimum atomic E-state index is 1.03. The molecule has 0 spiro atoms. The van der Waals surface area contributed by atoms with Gasteiger partial charge in [-0.3, -0.25) is 4.67 Å². The lowest BCUT2D eigenvalue weighted by Crippen LogP contribution is -2.26. The molecule has 0 aromatic carbocycles. The Bertz CT molecular complexity index is 75.3. The van der Waals surface area contributed by atoms with E-state index in [2.05, 4.69) is 18.3 Å². The molecule has 1 atom stereocenters. The fourth-order valence-corrected chi connectivity index (χ4v) is 2.27. The van der Waals surface area contributed by atoms with E-state index in [0.717, 1.165) is 14.6 Å². The van der Waals surface area contributed by atoms with Crippen LogP contribution < -0.4 is 0 Å². The summed E-state index contributed by atoms with van der Waals surface area (Å²) in [6.45, 7) is 7.31. The molecule has 1 rings (SSSR count). The number of piperidine rings is 1. The quantitative estimate of drug-likeness (QED) is 0.559. The lowest BCUT2D eigenvalue weighted by Gasteiger charge is -2.29. The van der Waals surface area contributed by atoms with E-state index in [-0.39, 0.29) is 0 Å². The molecule has 0 amide bonds. The Hall–Kier alpha value is 0.390. The third-order valence-corrected chi connectivity index (χ3v) is 3.59. The highest BCUT2D eigenvalue weighted by atomic mass is 31.1.